The predicted octanol–water partition coefficient (Wildman–Crippen LogP) is 3.81. The molecule has 0 saturated carbocycles. The number of nitrogens with zero attached hydrogens (tertiary/aromatic N) is 4. The summed E-state index contributed by atoms with van der Waals surface area (Å²) in [5, 5.41) is 0. The molecule has 0 spiro atoms. The number of benzene rings is 2. The summed E-state index contributed by atoms with van der Waals surface area (Å²) in [7, 11) is 0. The molecule has 124 valence electrons. The van der Waals surface area contributed by atoms with Crippen molar-refractivity contribution in [2.24, 2.45) is 0 Å². The highest BCUT2D eigenvalue weighted by molar-refractivity contribution is 5.78. The van der Waals surface area contributed by atoms with E-state index in [1.54, 1.807) is 6.33 Å². The van der Waals surface area contributed by atoms with Crippen LogP contribution in [0.5, 0.6) is 11.6 Å². The standard InChI is InChI=1S/C19H17N5O/c1-12-7-13(2)9-14(8-12)25-19-17(20)18(21-10-22-19)24-11-23-15-5-3-4-6-16(15)24/h3-11H,20H2,1-2H3. The second kappa shape index (κ2) is 5.90. The molecule has 0 unspecified atom stereocenters. The van der Waals surface area contributed by atoms with Gasteiger partial charge in [-0.3, -0.25) is 4.57 Å². The van der Waals surface area contributed by atoms with E-state index in [2.05, 4.69) is 21.0 Å². The van der Waals surface area contributed by atoms with Crippen LogP contribution in [0.1, 0.15) is 11.1 Å². The summed E-state index contributed by atoms with van der Waals surface area (Å²) in [4.78, 5) is 12.9. The van der Waals surface area contributed by atoms with E-state index in [0.29, 0.717) is 23.1 Å². The Kier molecular flexibility index (Phi) is 3.57. The molecule has 0 saturated heterocycles. The number of hydrogen-bond donors (Lipinski definition) is 1. The molecular weight excluding hydrogens is 314 g/mol. The number of anilines is 1. The molecule has 0 aliphatic heterocycles. The number of rotatable bonds is 3. The molecule has 2 aromatic heterocycles. The van der Waals surface area contributed by atoms with E-state index in [-0.39, 0.29) is 0 Å². The van der Waals surface area contributed by atoms with E-state index in [0.717, 1.165) is 22.2 Å². The van der Waals surface area contributed by atoms with E-state index in [9.17, 15) is 0 Å². The van der Waals surface area contributed by atoms with Gasteiger partial charge in [-0.05, 0) is 49.2 Å². The molecule has 2 heterocycles. The fraction of sp³-hybridized carbons (Fsp3) is 0.105. The third-order valence-electron chi connectivity index (χ3n) is 3.92. The SMILES string of the molecule is Cc1cc(C)cc(Oc2ncnc(-n3cnc4ccccc43)c2N)c1. The molecule has 6 nitrogen and oxygen atoms in total. The first-order valence-corrected chi connectivity index (χ1v) is 7.91. The summed E-state index contributed by atoms with van der Waals surface area (Å²) in [6, 6.07) is 13.8. The maximum Gasteiger partial charge on any atom is 0.248 e. The van der Waals surface area contributed by atoms with Gasteiger partial charge in [-0.1, -0.05) is 18.2 Å². The number of nitrogens with two attached hydrogens (primary N) is 1. The number of ether oxygens (including phenoxy) is 1. The van der Waals surface area contributed by atoms with E-state index >= 15 is 0 Å². The molecule has 0 aliphatic rings. The highest BCUT2D eigenvalue weighted by Crippen LogP contribution is 2.30. The summed E-state index contributed by atoms with van der Waals surface area (Å²) in [6.07, 6.45) is 3.14. The Balaban J connectivity index is 1.78. The zero-order valence-electron chi connectivity index (χ0n) is 14.0. The van der Waals surface area contributed by atoms with E-state index in [1.807, 2.05) is 54.8 Å². The van der Waals surface area contributed by atoms with Crippen LogP contribution < -0.4 is 10.5 Å². The van der Waals surface area contributed by atoms with Crippen molar-refractivity contribution in [3.63, 3.8) is 0 Å². The van der Waals surface area contributed by atoms with Gasteiger partial charge in [0.2, 0.25) is 5.88 Å². The topological polar surface area (TPSA) is 78.9 Å². The van der Waals surface area contributed by atoms with Gasteiger partial charge in [-0.15, -0.1) is 0 Å². The first-order valence-electron chi connectivity index (χ1n) is 7.91. The third kappa shape index (κ3) is 2.78. The number of aryl methyl sites for hydroxylation is 2. The fourth-order valence-electron chi connectivity index (χ4n) is 2.88. The zero-order valence-corrected chi connectivity index (χ0v) is 14.0. The molecule has 2 N–H and O–H groups in total. The highest BCUT2D eigenvalue weighted by atomic mass is 16.5. The average molecular weight is 331 g/mol. The van der Waals surface area contributed by atoms with Gasteiger partial charge in [0, 0.05) is 0 Å². The summed E-state index contributed by atoms with van der Waals surface area (Å²) in [5.41, 5.74) is 10.7. The summed E-state index contributed by atoms with van der Waals surface area (Å²) in [5.74, 6) is 1.57. The lowest BCUT2D eigenvalue weighted by Crippen LogP contribution is -2.05. The maximum absolute atomic E-state index is 6.29. The number of hydrogen-bond acceptors (Lipinski definition) is 5. The Hall–Kier alpha value is -3.41. The normalized spacial score (nSPS) is 11.0. The van der Waals surface area contributed by atoms with Crippen molar-refractivity contribution < 1.29 is 4.74 Å². The minimum Gasteiger partial charge on any atom is -0.437 e. The molecule has 6 heteroatoms. The van der Waals surface area contributed by atoms with Crippen LogP contribution in [-0.2, 0) is 0 Å². The molecule has 25 heavy (non-hydrogen) atoms. The molecule has 0 amide bonds. The van der Waals surface area contributed by atoms with Crippen LogP contribution >= 0.6 is 0 Å². The second-order valence-corrected chi connectivity index (χ2v) is 5.94. The van der Waals surface area contributed by atoms with Gasteiger partial charge < -0.3 is 10.5 Å². The van der Waals surface area contributed by atoms with Gasteiger partial charge in [0.05, 0.1) is 11.0 Å². The van der Waals surface area contributed by atoms with Crippen molar-refractivity contribution >= 4 is 16.7 Å². The van der Waals surface area contributed by atoms with Gasteiger partial charge in [0.15, 0.2) is 5.82 Å². The van der Waals surface area contributed by atoms with Crippen molar-refractivity contribution in [1.82, 2.24) is 19.5 Å². The monoisotopic (exact) mass is 331 g/mol. The molecule has 0 aliphatic carbocycles. The number of imidazole rings is 1. The van der Waals surface area contributed by atoms with Crippen LogP contribution in [0, 0.1) is 13.8 Å². The van der Waals surface area contributed by atoms with Crippen LogP contribution in [0.2, 0.25) is 0 Å². The average Bonchev–Trinajstić information content (AvgIpc) is 3.00. The van der Waals surface area contributed by atoms with Crippen molar-refractivity contribution in [2.45, 2.75) is 13.8 Å². The molecule has 0 atom stereocenters. The lowest BCUT2D eigenvalue weighted by Gasteiger charge is -2.12. The number of aromatic nitrogens is 4. The Labute approximate surface area is 144 Å². The van der Waals surface area contributed by atoms with Crippen LogP contribution in [0.3, 0.4) is 0 Å². The second-order valence-electron chi connectivity index (χ2n) is 5.94. The zero-order chi connectivity index (χ0) is 17.4. The largest absolute Gasteiger partial charge is 0.437 e. The molecule has 4 aromatic rings. The molecule has 2 aromatic carbocycles. The summed E-state index contributed by atoms with van der Waals surface area (Å²) >= 11 is 0. The molecule has 0 fully saturated rings. The van der Waals surface area contributed by atoms with Gasteiger partial charge in [-0.2, -0.15) is 4.98 Å². The van der Waals surface area contributed by atoms with Crippen LogP contribution in [-0.4, -0.2) is 19.5 Å². The minimum atomic E-state index is 0.327. The maximum atomic E-state index is 6.29. The summed E-state index contributed by atoms with van der Waals surface area (Å²) < 4.78 is 7.75. The number of fused-ring (bicyclic) bond motifs is 1. The third-order valence-corrected chi connectivity index (χ3v) is 3.92. The Morgan fingerprint density at radius 3 is 2.52 bits per heavy atom. The number of para-hydroxylation sites is 2. The molecule has 0 radical (unpaired) electrons. The first-order chi connectivity index (χ1) is 12.1. The van der Waals surface area contributed by atoms with Crippen molar-refractivity contribution in [3.05, 3.63) is 66.2 Å². The lowest BCUT2D eigenvalue weighted by atomic mass is 10.1. The molecule has 0 bridgehead atoms. The van der Waals surface area contributed by atoms with E-state index < -0.39 is 0 Å². The van der Waals surface area contributed by atoms with Gasteiger partial charge in [0.25, 0.3) is 0 Å². The first kappa shape index (κ1) is 15.1. The van der Waals surface area contributed by atoms with Crippen molar-refractivity contribution in [1.29, 1.82) is 0 Å². The Bertz CT molecular complexity index is 1050. The quantitative estimate of drug-likeness (QED) is 0.617. The number of nitrogen functional groups attached to an aromatic ring is 1. The minimum absolute atomic E-state index is 0.327. The van der Waals surface area contributed by atoms with Crippen molar-refractivity contribution in [2.75, 3.05) is 5.73 Å². The highest BCUT2D eigenvalue weighted by Gasteiger charge is 2.14. The van der Waals surface area contributed by atoms with Crippen molar-refractivity contribution in [3.8, 4) is 17.4 Å². The smallest absolute Gasteiger partial charge is 0.248 e. The summed E-state index contributed by atoms with van der Waals surface area (Å²) in [6.45, 7) is 4.04. The van der Waals surface area contributed by atoms with Crippen LogP contribution in [0.15, 0.2) is 55.1 Å². The lowest BCUT2D eigenvalue weighted by molar-refractivity contribution is 0.463. The van der Waals surface area contributed by atoms with E-state index in [1.165, 1.54) is 6.33 Å². The van der Waals surface area contributed by atoms with Crippen LogP contribution in [0.4, 0.5) is 5.69 Å². The molecule has 4 rings (SSSR count). The van der Waals surface area contributed by atoms with Gasteiger partial charge in [-0.25, -0.2) is 9.97 Å². The molecular formula is C19H17N5O. The Morgan fingerprint density at radius 1 is 0.960 bits per heavy atom. The Morgan fingerprint density at radius 2 is 1.72 bits per heavy atom. The van der Waals surface area contributed by atoms with Crippen LogP contribution in [0.25, 0.3) is 16.9 Å². The predicted molar refractivity (Wildman–Crippen MR) is 97.1 cm³/mol. The van der Waals surface area contributed by atoms with E-state index in [4.69, 9.17) is 10.5 Å². The fourth-order valence-corrected chi connectivity index (χ4v) is 2.88. The van der Waals surface area contributed by atoms with Gasteiger partial charge in [0.1, 0.15) is 24.1 Å². The van der Waals surface area contributed by atoms with Gasteiger partial charge >= 0.3 is 0 Å².